The normalized spacial score (nSPS) is 10.3. The molecule has 2 heterocycles. The van der Waals surface area contributed by atoms with Crippen molar-refractivity contribution in [1.82, 2.24) is 20.0 Å². The van der Waals surface area contributed by atoms with Gasteiger partial charge in [-0.2, -0.15) is 0 Å². The van der Waals surface area contributed by atoms with Crippen molar-refractivity contribution in [3.05, 3.63) is 29.7 Å². The van der Waals surface area contributed by atoms with E-state index in [1.54, 1.807) is 31.5 Å². The maximum Gasteiger partial charge on any atom is 0.327 e. The molecule has 0 aliphatic heterocycles. The summed E-state index contributed by atoms with van der Waals surface area (Å²) in [6.07, 6.45) is 3.25. The van der Waals surface area contributed by atoms with E-state index < -0.39 is 0 Å². The second-order valence-electron chi connectivity index (χ2n) is 3.48. The van der Waals surface area contributed by atoms with Crippen molar-refractivity contribution >= 4 is 17.6 Å². The van der Waals surface area contributed by atoms with Crippen molar-refractivity contribution < 1.29 is 9.53 Å². The molecule has 0 aliphatic rings. The Morgan fingerprint density at radius 3 is 3.00 bits per heavy atom. The van der Waals surface area contributed by atoms with Crippen LogP contribution in [0.5, 0.6) is 0 Å². The highest BCUT2D eigenvalue weighted by Gasteiger charge is 2.08. The molecule has 2 rings (SSSR count). The van der Waals surface area contributed by atoms with E-state index in [1.807, 2.05) is 0 Å². The highest BCUT2D eigenvalue weighted by Crippen LogP contribution is 2.16. The Morgan fingerprint density at radius 1 is 1.50 bits per heavy atom. The maximum atomic E-state index is 11.3. The number of halogens is 1. The predicted octanol–water partition coefficient (Wildman–Crippen LogP) is 1.56. The van der Waals surface area contributed by atoms with Crippen molar-refractivity contribution in [1.29, 1.82) is 0 Å². The van der Waals surface area contributed by atoms with E-state index in [0.717, 1.165) is 5.56 Å². The molecule has 18 heavy (non-hydrogen) atoms. The van der Waals surface area contributed by atoms with E-state index in [4.69, 9.17) is 16.3 Å². The fourth-order valence-corrected chi connectivity index (χ4v) is 1.49. The lowest BCUT2D eigenvalue weighted by Gasteiger charge is -1.99. The molecule has 0 aromatic carbocycles. The van der Waals surface area contributed by atoms with Crippen LogP contribution < -0.4 is 0 Å². The summed E-state index contributed by atoms with van der Waals surface area (Å²) in [5.74, 6) is -0.344. The Balaban J connectivity index is 2.10. The molecule has 0 N–H and O–H groups in total. The van der Waals surface area contributed by atoms with E-state index in [9.17, 15) is 4.79 Å². The van der Waals surface area contributed by atoms with Crippen molar-refractivity contribution in [2.45, 2.75) is 13.5 Å². The summed E-state index contributed by atoms with van der Waals surface area (Å²) in [7, 11) is 0. The summed E-state index contributed by atoms with van der Waals surface area (Å²) in [4.78, 5) is 15.2. The molecular weight excluding hydrogens is 256 g/mol. The number of carbonyl (C=O) groups is 1. The average molecular weight is 267 g/mol. The molecule has 2 aromatic rings. The topological polar surface area (TPSA) is 69.9 Å². The second kappa shape index (κ2) is 5.59. The number of ether oxygens (including phenoxy) is 1. The van der Waals surface area contributed by atoms with E-state index in [1.165, 1.54) is 4.68 Å². The highest BCUT2D eigenvalue weighted by molar-refractivity contribution is 6.29. The van der Waals surface area contributed by atoms with Crippen LogP contribution in [0.25, 0.3) is 11.3 Å². The minimum atomic E-state index is -0.344. The number of nitrogens with zero attached hydrogens (tertiary/aromatic N) is 4. The first kappa shape index (κ1) is 12.5. The first-order valence-corrected chi connectivity index (χ1v) is 5.74. The van der Waals surface area contributed by atoms with Crippen LogP contribution in [-0.4, -0.2) is 32.6 Å². The molecule has 0 saturated carbocycles. The van der Waals surface area contributed by atoms with Gasteiger partial charge < -0.3 is 4.74 Å². The monoisotopic (exact) mass is 266 g/mol. The largest absolute Gasteiger partial charge is 0.465 e. The molecule has 0 radical (unpaired) electrons. The van der Waals surface area contributed by atoms with Crippen molar-refractivity contribution in [3.8, 4) is 11.3 Å². The van der Waals surface area contributed by atoms with Gasteiger partial charge in [0.15, 0.2) is 0 Å². The molecule has 0 spiro atoms. The molecule has 0 aliphatic carbocycles. The van der Waals surface area contributed by atoms with E-state index in [-0.39, 0.29) is 12.5 Å². The van der Waals surface area contributed by atoms with Gasteiger partial charge in [0.25, 0.3) is 0 Å². The third-order valence-corrected chi connectivity index (χ3v) is 2.38. The van der Waals surface area contributed by atoms with Crippen LogP contribution in [-0.2, 0) is 16.1 Å². The van der Waals surface area contributed by atoms with E-state index in [2.05, 4.69) is 15.3 Å². The minimum absolute atomic E-state index is 0.0435. The molecule has 0 saturated heterocycles. The summed E-state index contributed by atoms with van der Waals surface area (Å²) in [6, 6.07) is 3.45. The van der Waals surface area contributed by atoms with Gasteiger partial charge in [0.1, 0.15) is 17.4 Å². The zero-order chi connectivity index (χ0) is 13.0. The molecule has 0 bridgehead atoms. The number of hydrogen-bond donors (Lipinski definition) is 0. The molecule has 0 amide bonds. The molecule has 0 atom stereocenters. The Kier molecular flexibility index (Phi) is 3.88. The average Bonchev–Trinajstić information content (AvgIpc) is 2.78. The fourth-order valence-electron chi connectivity index (χ4n) is 1.37. The second-order valence-corrected chi connectivity index (χ2v) is 3.86. The van der Waals surface area contributed by atoms with Crippen molar-refractivity contribution in [3.63, 3.8) is 0 Å². The summed E-state index contributed by atoms with van der Waals surface area (Å²) in [6.45, 7) is 2.15. The smallest absolute Gasteiger partial charge is 0.327 e. The first-order chi connectivity index (χ1) is 8.69. The van der Waals surface area contributed by atoms with Gasteiger partial charge in [-0.25, -0.2) is 9.67 Å². The number of rotatable bonds is 4. The molecule has 2 aromatic heterocycles. The Bertz CT molecular complexity index is 538. The van der Waals surface area contributed by atoms with Gasteiger partial charge in [0.2, 0.25) is 0 Å². The molecule has 0 fully saturated rings. The lowest BCUT2D eigenvalue weighted by Crippen LogP contribution is -2.13. The zero-order valence-corrected chi connectivity index (χ0v) is 10.5. The quantitative estimate of drug-likeness (QED) is 0.620. The van der Waals surface area contributed by atoms with Gasteiger partial charge in [0.05, 0.1) is 12.8 Å². The Labute approximate surface area is 109 Å². The summed E-state index contributed by atoms with van der Waals surface area (Å²) < 4.78 is 6.24. The number of carbonyl (C=O) groups excluding carboxylic acids is 1. The lowest BCUT2D eigenvalue weighted by atomic mass is 10.2. The summed E-state index contributed by atoms with van der Waals surface area (Å²) in [5.41, 5.74) is 1.41. The van der Waals surface area contributed by atoms with Crippen molar-refractivity contribution in [2.24, 2.45) is 0 Å². The molecule has 6 nitrogen and oxygen atoms in total. The molecule has 0 unspecified atom stereocenters. The van der Waals surface area contributed by atoms with Crippen LogP contribution in [0.15, 0.2) is 24.5 Å². The van der Waals surface area contributed by atoms with E-state index in [0.29, 0.717) is 17.5 Å². The lowest BCUT2D eigenvalue weighted by molar-refractivity contribution is -0.144. The SMILES string of the molecule is CCOC(=O)Cn1cc(-c2ccc(Cl)nc2)nn1. The Hall–Kier alpha value is -1.95. The maximum absolute atomic E-state index is 11.3. The molecule has 94 valence electrons. The van der Waals surface area contributed by atoms with Gasteiger partial charge in [-0.15, -0.1) is 5.10 Å². The van der Waals surface area contributed by atoms with Crippen molar-refractivity contribution in [2.75, 3.05) is 6.61 Å². The van der Waals surface area contributed by atoms with Gasteiger partial charge in [-0.1, -0.05) is 16.8 Å². The van der Waals surface area contributed by atoms with E-state index >= 15 is 0 Å². The van der Waals surface area contributed by atoms with Crippen LogP contribution in [0.2, 0.25) is 5.15 Å². The number of esters is 1. The number of aromatic nitrogens is 4. The number of pyridine rings is 1. The summed E-state index contributed by atoms with van der Waals surface area (Å²) in [5, 5.41) is 8.21. The predicted molar refractivity (Wildman–Crippen MR) is 64.9 cm³/mol. The van der Waals surface area contributed by atoms with Crippen LogP contribution in [0, 0.1) is 0 Å². The first-order valence-electron chi connectivity index (χ1n) is 5.36. The van der Waals surface area contributed by atoms with Crippen LogP contribution in [0.3, 0.4) is 0 Å². The van der Waals surface area contributed by atoms with Gasteiger partial charge in [-0.05, 0) is 19.1 Å². The standard InChI is InChI=1S/C11H11ClN4O2/c1-2-18-11(17)7-16-6-9(14-15-16)8-3-4-10(12)13-5-8/h3-6H,2,7H2,1H3. The van der Waals surface area contributed by atoms with Crippen LogP contribution in [0.1, 0.15) is 6.92 Å². The van der Waals surface area contributed by atoms with Crippen LogP contribution in [0.4, 0.5) is 0 Å². The van der Waals surface area contributed by atoms with Gasteiger partial charge >= 0.3 is 5.97 Å². The van der Waals surface area contributed by atoms with Gasteiger partial charge in [0, 0.05) is 11.8 Å². The molecule has 7 heteroatoms. The summed E-state index contributed by atoms with van der Waals surface area (Å²) >= 11 is 5.69. The Morgan fingerprint density at radius 2 is 2.33 bits per heavy atom. The van der Waals surface area contributed by atoms with Crippen LogP contribution >= 0.6 is 11.6 Å². The zero-order valence-electron chi connectivity index (χ0n) is 9.71. The molecular formula is C11H11ClN4O2. The minimum Gasteiger partial charge on any atom is -0.465 e. The third-order valence-electron chi connectivity index (χ3n) is 2.16. The highest BCUT2D eigenvalue weighted by atomic mass is 35.5. The fraction of sp³-hybridized carbons (Fsp3) is 0.273. The number of hydrogen-bond acceptors (Lipinski definition) is 5. The third kappa shape index (κ3) is 3.04. The van der Waals surface area contributed by atoms with Gasteiger partial charge in [-0.3, -0.25) is 4.79 Å².